The van der Waals surface area contributed by atoms with Crippen LogP contribution in [0.3, 0.4) is 0 Å². The third-order valence-electron chi connectivity index (χ3n) is 6.79. The molecule has 0 radical (unpaired) electrons. The molecule has 1 aliphatic rings. The largest absolute Gasteiger partial charge is 0.352 e. The van der Waals surface area contributed by atoms with E-state index in [0.717, 1.165) is 47.4 Å². The van der Waals surface area contributed by atoms with E-state index in [0.29, 0.717) is 16.3 Å². The number of hydrogen-bond acceptors (Lipinski definition) is 4. The summed E-state index contributed by atoms with van der Waals surface area (Å²) < 4.78 is 26.8. The number of aryl methyl sites for hydroxylation is 2. The Morgan fingerprint density at radius 3 is 2.22 bits per heavy atom. The summed E-state index contributed by atoms with van der Waals surface area (Å²) in [6, 6.07) is 11.9. The zero-order chi connectivity index (χ0) is 26.5. The Bertz CT molecular complexity index is 1180. The minimum atomic E-state index is -3.78. The summed E-state index contributed by atoms with van der Waals surface area (Å²) in [6.07, 6.45) is 6.24. The predicted octanol–water partition coefficient (Wildman–Crippen LogP) is 4.59. The van der Waals surface area contributed by atoms with Crippen LogP contribution in [0.25, 0.3) is 0 Å². The van der Waals surface area contributed by atoms with Crippen LogP contribution in [-0.2, 0) is 26.2 Å². The maximum absolute atomic E-state index is 13.7. The highest BCUT2D eigenvalue weighted by Gasteiger charge is 2.32. The maximum atomic E-state index is 13.7. The van der Waals surface area contributed by atoms with Crippen LogP contribution in [0.4, 0.5) is 5.69 Å². The molecule has 1 saturated carbocycles. The molecule has 0 unspecified atom stereocenters. The number of anilines is 1. The van der Waals surface area contributed by atoms with E-state index in [4.69, 9.17) is 11.6 Å². The van der Waals surface area contributed by atoms with E-state index in [9.17, 15) is 18.0 Å². The summed E-state index contributed by atoms with van der Waals surface area (Å²) in [7, 11) is -3.78. The van der Waals surface area contributed by atoms with Crippen LogP contribution >= 0.6 is 11.6 Å². The Kier molecular flexibility index (Phi) is 9.41. The number of sulfonamides is 1. The molecule has 3 rings (SSSR count). The number of carbonyl (C=O) groups is 2. The lowest BCUT2D eigenvalue weighted by atomic mass is 9.95. The Labute approximate surface area is 219 Å². The van der Waals surface area contributed by atoms with Gasteiger partial charge in [0.25, 0.3) is 0 Å². The molecule has 1 N–H and O–H groups in total. The highest BCUT2D eigenvalue weighted by atomic mass is 35.5. The Morgan fingerprint density at radius 2 is 1.64 bits per heavy atom. The molecule has 2 aromatic rings. The third kappa shape index (κ3) is 7.01. The molecular weight excluding hydrogens is 498 g/mol. The minimum Gasteiger partial charge on any atom is -0.352 e. The average Bonchev–Trinajstić information content (AvgIpc) is 2.82. The molecule has 0 heterocycles. The van der Waals surface area contributed by atoms with E-state index in [1.54, 1.807) is 25.1 Å². The van der Waals surface area contributed by atoms with Gasteiger partial charge in [0.1, 0.15) is 12.6 Å². The number of hydrogen-bond donors (Lipinski definition) is 1. The molecular formula is C27H36ClN3O4S. The predicted molar refractivity (Wildman–Crippen MR) is 145 cm³/mol. The first kappa shape index (κ1) is 28.0. The number of amides is 2. The number of benzene rings is 2. The van der Waals surface area contributed by atoms with Crippen LogP contribution in [0.5, 0.6) is 0 Å². The quantitative estimate of drug-likeness (QED) is 0.511. The number of para-hydroxylation sites is 1. The van der Waals surface area contributed by atoms with Crippen molar-refractivity contribution in [2.45, 2.75) is 71.5 Å². The molecule has 2 aromatic carbocycles. The lowest BCUT2D eigenvalue weighted by Crippen LogP contribution is -2.53. The van der Waals surface area contributed by atoms with Crippen LogP contribution in [0.15, 0.2) is 42.5 Å². The highest BCUT2D eigenvalue weighted by Crippen LogP contribution is 2.27. The van der Waals surface area contributed by atoms with Crippen molar-refractivity contribution in [3.05, 3.63) is 64.2 Å². The molecule has 0 aliphatic heterocycles. The summed E-state index contributed by atoms with van der Waals surface area (Å²) in [5.41, 5.74) is 2.65. The van der Waals surface area contributed by atoms with Gasteiger partial charge in [0, 0.05) is 17.6 Å². The van der Waals surface area contributed by atoms with E-state index in [2.05, 4.69) is 5.32 Å². The fourth-order valence-corrected chi connectivity index (χ4v) is 5.90. The smallest absolute Gasteiger partial charge is 0.244 e. The zero-order valence-corrected chi connectivity index (χ0v) is 23.0. The fraction of sp³-hybridized carbons (Fsp3) is 0.481. The maximum Gasteiger partial charge on any atom is 0.244 e. The van der Waals surface area contributed by atoms with Crippen molar-refractivity contribution in [1.29, 1.82) is 0 Å². The van der Waals surface area contributed by atoms with Gasteiger partial charge in [0.15, 0.2) is 0 Å². The van der Waals surface area contributed by atoms with Crippen molar-refractivity contribution in [3.63, 3.8) is 0 Å². The summed E-state index contributed by atoms with van der Waals surface area (Å²) in [4.78, 5) is 28.4. The van der Waals surface area contributed by atoms with Crippen LogP contribution in [0.1, 0.15) is 55.7 Å². The normalized spacial score (nSPS) is 15.2. The second-order valence-corrected chi connectivity index (χ2v) is 12.0. The highest BCUT2D eigenvalue weighted by molar-refractivity contribution is 7.92. The molecule has 7 nitrogen and oxygen atoms in total. The zero-order valence-electron chi connectivity index (χ0n) is 21.5. The van der Waals surface area contributed by atoms with Crippen molar-refractivity contribution in [1.82, 2.24) is 10.2 Å². The lowest BCUT2D eigenvalue weighted by Gasteiger charge is -2.33. The Balaban J connectivity index is 1.92. The van der Waals surface area contributed by atoms with Crippen molar-refractivity contribution in [2.75, 3.05) is 17.1 Å². The second kappa shape index (κ2) is 12.1. The van der Waals surface area contributed by atoms with Gasteiger partial charge in [0.2, 0.25) is 21.8 Å². The summed E-state index contributed by atoms with van der Waals surface area (Å²) in [5.74, 6) is -0.727. The number of rotatable bonds is 9. The first-order valence-electron chi connectivity index (χ1n) is 12.4. The van der Waals surface area contributed by atoms with Gasteiger partial charge in [-0.15, -0.1) is 0 Å². The molecule has 1 fully saturated rings. The van der Waals surface area contributed by atoms with Gasteiger partial charge in [-0.2, -0.15) is 0 Å². The van der Waals surface area contributed by atoms with Crippen LogP contribution < -0.4 is 9.62 Å². The van der Waals surface area contributed by atoms with Gasteiger partial charge >= 0.3 is 0 Å². The third-order valence-corrected chi connectivity index (χ3v) is 8.27. The van der Waals surface area contributed by atoms with E-state index < -0.39 is 28.5 Å². The van der Waals surface area contributed by atoms with Crippen molar-refractivity contribution < 1.29 is 18.0 Å². The van der Waals surface area contributed by atoms with Gasteiger partial charge in [-0.1, -0.05) is 67.3 Å². The summed E-state index contributed by atoms with van der Waals surface area (Å²) in [6.45, 7) is 4.97. The van der Waals surface area contributed by atoms with E-state index in [1.165, 1.54) is 11.3 Å². The van der Waals surface area contributed by atoms with Crippen LogP contribution in [-0.4, -0.2) is 50.0 Å². The number of halogens is 1. The number of nitrogens with one attached hydrogen (secondary N) is 1. The summed E-state index contributed by atoms with van der Waals surface area (Å²) >= 11 is 6.38. The second-order valence-electron chi connectivity index (χ2n) is 9.64. The Hall–Kier alpha value is -2.58. The molecule has 2 amide bonds. The fourth-order valence-electron chi connectivity index (χ4n) is 4.74. The van der Waals surface area contributed by atoms with Crippen molar-refractivity contribution >= 4 is 39.1 Å². The standard InChI is InChI=1S/C27H36ClN3O4S/c1-19-11-10-12-20(2)26(19)31(36(4,34)35)18-25(32)30(17-22-13-8-9-16-24(22)28)21(3)27(33)29-23-14-6-5-7-15-23/h8-13,16,21,23H,5-7,14-15,17-18H2,1-4H3,(H,29,33)/t21-/m1/s1. The topological polar surface area (TPSA) is 86.8 Å². The van der Waals surface area contributed by atoms with Gasteiger partial charge in [-0.3, -0.25) is 13.9 Å². The van der Waals surface area contributed by atoms with E-state index in [-0.39, 0.29) is 18.5 Å². The first-order valence-corrected chi connectivity index (χ1v) is 14.6. The van der Waals surface area contributed by atoms with Crippen LogP contribution in [0.2, 0.25) is 5.02 Å². The lowest BCUT2D eigenvalue weighted by molar-refractivity contribution is -0.139. The Morgan fingerprint density at radius 1 is 1.03 bits per heavy atom. The van der Waals surface area contributed by atoms with E-state index >= 15 is 0 Å². The van der Waals surface area contributed by atoms with Gasteiger partial charge in [-0.05, 0) is 56.4 Å². The molecule has 1 atom stereocenters. The van der Waals surface area contributed by atoms with E-state index in [1.807, 2.05) is 38.1 Å². The molecule has 1 aliphatic carbocycles. The molecule has 9 heteroatoms. The number of nitrogens with zero attached hydrogens (tertiary/aromatic N) is 2. The van der Waals surface area contributed by atoms with Crippen LogP contribution in [0, 0.1) is 13.8 Å². The molecule has 196 valence electrons. The van der Waals surface area contributed by atoms with Gasteiger partial charge in [-0.25, -0.2) is 8.42 Å². The monoisotopic (exact) mass is 533 g/mol. The molecule has 0 saturated heterocycles. The minimum absolute atomic E-state index is 0.0854. The average molecular weight is 534 g/mol. The molecule has 0 aromatic heterocycles. The number of carbonyl (C=O) groups excluding carboxylic acids is 2. The van der Waals surface area contributed by atoms with Gasteiger partial charge in [0.05, 0.1) is 11.9 Å². The van der Waals surface area contributed by atoms with Crippen molar-refractivity contribution in [2.24, 2.45) is 0 Å². The van der Waals surface area contributed by atoms with Gasteiger partial charge < -0.3 is 10.2 Å². The SMILES string of the molecule is Cc1cccc(C)c1N(CC(=O)N(Cc1ccccc1Cl)[C@H](C)C(=O)NC1CCCCC1)S(C)(=O)=O. The summed E-state index contributed by atoms with van der Waals surface area (Å²) in [5, 5.41) is 3.57. The molecule has 0 spiro atoms. The van der Waals surface area contributed by atoms with Crippen molar-refractivity contribution in [3.8, 4) is 0 Å². The molecule has 0 bridgehead atoms. The molecule has 36 heavy (non-hydrogen) atoms. The first-order chi connectivity index (χ1) is 17.0.